The number of alkyl halides is 1. The molecule has 4 nitrogen and oxygen atoms in total. The molecule has 1 unspecified atom stereocenters. The molecule has 0 fully saturated rings. The number of halogens is 2. The number of aromatic nitrogens is 2. The third kappa shape index (κ3) is 2.56. The van der Waals surface area contributed by atoms with Crippen LogP contribution in [-0.4, -0.2) is 28.4 Å². The lowest BCUT2D eigenvalue weighted by atomic mass is 10.2. The molecule has 2 rings (SSSR count). The van der Waals surface area contributed by atoms with Crippen LogP contribution in [0.25, 0.3) is 11.0 Å². The molecule has 2 aromatic rings. The second-order valence-electron chi connectivity index (χ2n) is 4.26. The Labute approximate surface area is 115 Å². The van der Waals surface area contributed by atoms with Crippen molar-refractivity contribution in [2.45, 2.75) is 19.4 Å². The summed E-state index contributed by atoms with van der Waals surface area (Å²) in [5.74, 6) is 0.611. The van der Waals surface area contributed by atoms with Gasteiger partial charge in [0.2, 0.25) is 5.91 Å². The summed E-state index contributed by atoms with van der Waals surface area (Å²) in [7, 11) is 1.58. The summed E-state index contributed by atoms with van der Waals surface area (Å²) in [5.41, 5.74) is 1.27. The molecule has 0 saturated heterocycles. The van der Waals surface area contributed by atoms with Crippen molar-refractivity contribution >= 4 is 28.5 Å². The Morgan fingerprint density at radius 1 is 1.58 bits per heavy atom. The first kappa shape index (κ1) is 13.8. The first-order valence-corrected chi connectivity index (χ1v) is 6.56. The highest BCUT2D eigenvalue weighted by molar-refractivity contribution is 6.17. The van der Waals surface area contributed by atoms with E-state index < -0.39 is 6.04 Å². The molecule has 0 bridgehead atoms. The number of nitrogens with zero attached hydrogens (tertiary/aromatic N) is 2. The summed E-state index contributed by atoms with van der Waals surface area (Å²) in [6.07, 6.45) is 0.527. The summed E-state index contributed by atoms with van der Waals surface area (Å²) in [6.45, 7) is 1.78. The Hall–Kier alpha value is -1.62. The van der Waals surface area contributed by atoms with Crippen molar-refractivity contribution in [3.05, 3.63) is 29.8 Å². The van der Waals surface area contributed by atoms with E-state index in [9.17, 15) is 9.18 Å². The average Bonchev–Trinajstić information content (AvgIpc) is 2.74. The van der Waals surface area contributed by atoms with E-state index in [0.29, 0.717) is 23.6 Å². The molecule has 1 heterocycles. The molecule has 6 heteroatoms. The fourth-order valence-electron chi connectivity index (χ4n) is 2.14. The monoisotopic (exact) mass is 283 g/mol. The number of imidazole rings is 1. The number of carbonyl (C=O) groups is 1. The van der Waals surface area contributed by atoms with Crippen molar-refractivity contribution in [2.24, 2.45) is 0 Å². The number of benzene rings is 1. The van der Waals surface area contributed by atoms with Crippen molar-refractivity contribution < 1.29 is 9.18 Å². The van der Waals surface area contributed by atoms with E-state index in [1.807, 2.05) is 0 Å². The zero-order valence-electron chi connectivity index (χ0n) is 10.8. The second kappa shape index (κ2) is 5.57. The van der Waals surface area contributed by atoms with Crippen LogP contribution < -0.4 is 5.32 Å². The lowest BCUT2D eigenvalue weighted by Gasteiger charge is -2.15. The highest BCUT2D eigenvalue weighted by Gasteiger charge is 2.20. The lowest BCUT2D eigenvalue weighted by molar-refractivity contribution is -0.123. The predicted molar refractivity (Wildman–Crippen MR) is 72.9 cm³/mol. The quantitative estimate of drug-likeness (QED) is 0.875. The number of nitrogens with one attached hydrogen (secondary N) is 1. The SMILES string of the molecule is CNC(=O)C(C)n1c(CCCl)nc2cc(F)ccc21. The summed E-state index contributed by atoms with van der Waals surface area (Å²) in [6, 6.07) is 3.94. The van der Waals surface area contributed by atoms with Gasteiger partial charge in [-0.05, 0) is 19.1 Å². The van der Waals surface area contributed by atoms with Crippen LogP contribution in [0.3, 0.4) is 0 Å². The van der Waals surface area contributed by atoms with Gasteiger partial charge in [-0.25, -0.2) is 9.37 Å². The molecule has 1 atom stereocenters. The average molecular weight is 284 g/mol. The summed E-state index contributed by atoms with van der Waals surface area (Å²) >= 11 is 5.76. The van der Waals surface area contributed by atoms with Crippen LogP contribution in [0, 0.1) is 5.82 Å². The fraction of sp³-hybridized carbons (Fsp3) is 0.385. The smallest absolute Gasteiger partial charge is 0.242 e. The van der Waals surface area contributed by atoms with Crippen LogP contribution in [0.5, 0.6) is 0 Å². The maximum Gasteiger partial charge on any atom is 0.242 e. The van der Waals surface area contributed by atoms with Crippen LogP contribution in [0.15, 0.2) is 18.2 Å². The summed E-state index contributed by atoms with van der Waals surface area (Å²) in [4.78, 5) is 16.2. The second-order valence-corrected chi connectivity index (χ2v) is 4.64. The highest BCUT2D eigenvalue weighted by Crippen LogP contribution is 2.23. The number of aryl methyl sites for hydroxylation is 1. The van der Waals surface area contributed by atoms with Gasteiger partial charge in [-0.2, -0.15) is 0 Å². The molecule has 1 amide bonds. The Morgan fingerprint density at radius 2 is 2.32 bits per heavy atom. The van der Waals surface area contributed by atoms with Gasteiger partial charge >= 0.3 is 0 Å². The normalized spacial score (nSPS) is 12.6. The van der Waals surface area contributed by atoms with Crippen molar-refractivity contribution in [1.82, 2.24) is 14.9 Å². The zero-order valence-corrected chi connectivity index (χ0v) is 11.5. The van der Waals surface area contributed by atoms with Gasteiger partial charge in [0.1, 0.15) is 17.7 Å². The van der Waals surface area contributed by atoms with E-state index >= 15 is 0 Å². The molecule has 1 aromatic heterocycles. The van der Waals surface area contributed by atoms with Crippen molar-refractivity contribution in [3.63, 3.8) is 0 Å². The number of hydrogen-bond acceptors (Lipinski definition) is 2. The van der Waals surface area contributed by atoms with Gasteiger partial charge in [0.15, 0.2) is 0 Å². The molecular weight excluding hydrogens is 269 g/mol. The Morgan fingerprint density at radius 3 is 2.95 bits per heavy atom. The fourth-order valence-corrected chi connectivity index (χ4v) is 2.31. The minimum absolute atomic E-state index is 0.126. The Kier molecular flexibility index (Phi) is 4.04. The molecule has 102 valence electrons. The summed E-state index contributed by atoms with van der Waals surface area (Å²) in [5, 5.41) is 2.60. The molecule has 0 aliphatic rings. The number of amides is 1. The number of rotatable bonds is 4. The van der Waals surface area contributed by atoms with Crippen LogP contribution in [-0.2, 0) is 11.2 Å². The molecule has 0 aliphatic heterocycles. The minimum Gasteiger partial charge on any atom is -0.357 e. The van der Waals surface area contributed by atoms with Gasteiger partial charge in [-0.3, -0.25) is 4.79 Å². The van der Waals surface area contributed by atoms with E-state index in [1.165, 1.54) is 12.1 Å². The maximum atomic E-state index is 13.2. The van der Waals surface area contributed by atoms with E-state index in [0.717, 1.165) is 5.52 Å². The number of hydrogen-bond donors (Lipinski definition) is 1. The van der Waals surface area contributed by atoms with Gasteiger partial charge in [0, 0.05) is 25.4 Å². The molecular formula is C13H15ClFN3O. The molecule has 0 spiro atoms. The Bertz CT molecular complexity index is 611. The molecule has 0 radical (unpaired) electrons. The molecule has 0 aliphatic carbocycles. The number of carbonyl (C=O) groups excluding carboxylic acids is 1. The summed E-state index contributed by atoms with van der Waals surface area (Å²) < 4.78 is 15.0. The third-order valence-electron chi connectivity index (χ3n) is 3.06. The van der Waals surface area contributed by atoms with E-state index in [2.05, 4.69) is 10.3 Å². The van der Waals surface area contributed by atoms with E-state index in [1.54, 1.807) is 24.6 Å². The molecule has 0 saturated carbocycles. The van der Waals surface area contributed by atoms with Gasteiger partial charge in [-0.15, -0.1) is 11.6 Å². The molecule has 1 aromatic carbocycles. The van der Waals surface area contributed by atoms with Crippen molar-refractivity contribution in [1.29, 1.82) is 0 Å². The van der Waals surface area contributed by atoms with Crippen LogP contribution in [0.4, 0.5) is 4.39 Å². The highest BCUT2D eigenvalue weighted by atomic mass is 35.5. The topological polar surface area (TPSA) is 46.9 Å². The largest absolute Gasteiger partial charge is 0.357 e. The van der Waals surface area contributed by atoms with Crippen LogP contribution in [0.1, 0.15) is 18.8 Å². The van der Waals surface area contributed by atoms with Crippen LogP contribution in [0.2, 0.25) is 0 Å². The molecule has 1 N–H and O–H groups in total. The zero-order chi connectivity index (χ0) is 14.0. The predicted octanol–water partition coefficient (Wildman–Crippen LogP) is 2.26. The van der Waals surface area contributed by atoms with Gasteiger partial charge in [0.25, 0.3) is 0 Å². The lowest BCUT2D eigenvalue weighted by Crippen LogP contribution is -2.28. The van der Waals surface area contributed by atoms with Gasteiger partial charge < -0.3 is 9.88 Å². The molecule has 19 heavy (non-hydrogen) atoms. The third-order valence-corrected chi connectivity index (χ3v) is 3.24. The van der Waals surface area contributed by atoms with Gasteiger partial charge in [0.05, 0.1) is 11.0 Å². The number of likely N-dealkylation sites (N-methyl/N-ethyl adjacent to an activating group) is 1. The van der Waals surface area contributed by atoms with Crippen LogP contribution >= 0.6 is 11.6 Å². The Balaban J connectivity index is 2.61. The standard InChI is InChI=1S/C13H15ClFN3O/c1-8(13(19)16-2)18-11-4-3-9(15)7-10(11)17-12(18)5-6-14/h3-4,7-8H,5-6H2,1-2H3,(H,16,19). The number of fused-ring (bicyclic) bond motifs is 1. The van der Waals surface area contributed by atoms with Gasteiger partial charge in [-0.1, -0.05) is 0 Å². The van der Waals surface area contributed by atoms with Crippen molar-refractivity contribution in [2.75, 3.05) is 12.9 Å². The first-order chi connectivity index (χ1) is 9.08. The van der Waals surface area contributed by atoms with Crippen molar-refractivity contribution in [3.8, 4) is 0 Å². The van der Waals surface area contributed by atoms with E-state index in [4.69, 9.17) is 11.6 Å². The van der Waals surface area contributed by atoms with E-state index in [-0.39, 0.29) is 11.7 Å². The first-order valence-electron chi connectivity index (χ1n) is 6.02. The minimum atomic E-state index is -0.418. The maximum absolute atomic E-state index is 13.2.